The highest BCUT2D eigenvalue weighted by atomic mass is 32.2. The van der Waals surface area contributed by atoms with E-state index >= 15 is 0 Å². The van der Waals surface area contributed by atoms with Crippen LogP contribution in [0.5, 0.6) is 11.5 Å². The van der Waals surface area contributed by atoms with Gasteiger partial charge in [-0.2, -0.15) is 0 Å². The maximum Gasteiger partial charge on any atom is 0.282 e. The molecule has 0 bridgehead atoms. The van der Waals surface area contributed by atoms with E-state index in [0.29, 0.717) is 35.5 Å². The zero-order chi connectivity index (χ0) is 22.5. The van der Waals surface area contributed by atoms with Gasteiger partial charge in [-0.1, -0.05) is 11.8 Å². The van der Waals surface area contributed by atoms with Gasteiger partial charge in [0.1, 0.15) is 11.5 Å². The van der Waals surface area contributed by atoms with Gasteiger partial charge in [-0.15, -0.1) is 0 Å². The van der Waals surface area contributed by atoms with Gasteiger partial charge in [-0.3, -0.25) is 14.2 Å². The van der Waals surface area contributed by atoms with E-state index in [0.717, 1.165) is 24.6 Å². The Hall–Kier alpha value is -3.18. The number of hydrogen-bond acceptors (Lipinski definition) is 9. The van der Waals surface area contributed by atoms with Crippen LogP contribution >= 0.6 is 11.8 Å². The lowest BCUT2D eigenvalue weighted by Crippen LogP contribution is -2.30. The molecule has 1 aliphatic heterocycles. The van der Waals surface area contributed by atoms with Crippen LogP contribution in [0.15, 0.2) is 40.5 Å². The van der Waals surface area contributed by atoms with Gasteiger partial charge in [0.05, 0.1) is 32.6 Å². The summed E-state index contributed by atoms with van der Waals surface area (Å²) in [7, 11) is 3.08. The van der Waals surface area contributed by atoms with Crippen LogP contribution in [0.2, 0.25) is 0 Å². The van der Waals surface area contributed by atoms with Crippen LogP contribution in [-0.4, -0.2) is 58.1 Å². The Kier molecular flexibility index (Phi) is 6.86. The Bertz CT molecular complexity index is 1160. The maximum atomic E-state index is 13.0. The summed E-state index contributed by atoms with van der Waals surface area (Å²) in [4.78, 5) is 38.4. The molecule has 4 rings (SSSR count). The molecule has 0 aliphatic carbocycles. The predicted molar refractivity (Wildman–Crippen MR) is 119 cm³/mol. The number of anilines is 1. The van der Waals surface area contributed by atoms with Gasteiger partial charge in [0.2, 0.25) is 5.91 Å². The number of carbonyl (C=O) groups is 1. The fourth-order valence-electron chi connectivity index (χ4n) is 3.40. The van der Waals surface area contributed by atoms with Gasteiger partial charge in [0.15, 0.2) is 16.3 Å². The summed E-state index contributed by atoms with van der Waals surface area (Å²) in [5.74, 6) is 0.908. The number of carbonyl (C=O) groups excluding carboxylic acids is 1. The molecule has 1 amide bonds. The number of rotatable bonds is 8. The second-order valence-electron chi connectivity index (χ2n) is 7.11. The van der Waals surface area contributed by atoms with Crippen LogP contribution in [0.25, 0.3) is 11.2 Å². The summed E-state index contributed by atoms with van der Waals surface area (Å²) in [5.41, 5.74) is 0.698. The van der Waals surface area contributed by atoms with Crippen LogP contribution < -0.4 is 20.3 Å². The third kappa shape index (κ3) is 5.00. The summed E-state index contributed by atoms with van der Waals surface area (Å²) in [5, 5.41) is 3.22. The van der Waals surface area contributed by atoms with Gasteiger partial charge < -0.3 is 19.5 Å². The van der Waals surface area contributed by atoms with Crippen LogP contribution in [0.1, 0.15) is 12.8 Å². The molecule has 3 aromatic rings. The van der Waals surface area contributed by atoms with E-state index in [2.05, 4.69) is 20.3 Å². The minimum Gasteiger partial charge on any atom is -0.497 e. The van der Waals surface area contributed by atoms with E-state index in [1.807, 2.05) is 0 Å². The van der Waals surface area contributed by atoms with E-state index in [1.165, 1.54) is 31.2 Å². The molecule has 168 valence electrons. The van der Waals surface area contributed by atoms with E-state index in [4.69, 9.17) is 14.2 Å². The van der Waals surface area contributed by atoms with E-state index in [1.54, 1.807) is 18.2 Å². The molecular weight excluding hydrogens is 434 g/mol. The first-order chi connectivity index (χ1) is 15.6. The first-order valence-electron chi connectivity index (χ1n) is 10.1. The third-order valence-electron chi connectivity index (χ3n) is 4.94. The number of nitrogens with zero attached hydrogens (tertiary/aromatic N) is 4. The Morgan fingerprint density at radius 1 is 1.22 bits per heavy atom. The number of fused-ring (bicyclic) bond motifs is 1. The normalized spacial score (nSPS) is 15.6. The SMILES string of the molecule is COc1cc(NC(=O)CSc2nc3nccnc3c(=O)n2C[C@H]2CCCO2)cc(OC)c1. The van der Waals surface area contributed by atoms with Crippen molar-refractivity contribution < 1.29 is 19.0 Å². The average Bonchev–Trinajstić information content (AvgIpc) is 3.32. The second-order valence-corrected chi connectivity index (χ2v) is 8.05. The Balaban J connectivity index is 1.54. The second kappa shape index (κ2) is 9.96. The number of methoxy groups -OCH3 is 2. The molecular formula is C21H23N5O5S. The molecule has 1 aliphatic rings. The lowest BCUT2D eigenvalue weighted by molar-refractivity contribution is -0.113. The quantitative estimate of drug-likeness (QED) is 0.401. The van der Waals surface area contributed by atoms with Gasteiger partial charge >= 0.3 is 0 Å². The maximum absolute atomic E-state index is 13.0. The lowest BCUT2D eigenvalue weighted by atomic mass is 10.2. The van der Waals surface area contributed by atoms with Gasteiger partial charge in [0, 0.05) is 42.9 Å². The summed E-state index contributed by atoms with van der Waals surface area (Å²) >= 11 is 1.16. The van der Waals surface area contributed by atoms with Crippen molar-refractivity contribution in [1.29, 1.82) is 0 Å². The largest absolute Gasteiger partial charge is 0.497 e. The zero-order valence-corrected chi connectivity index (χ0v) is 18.6. The average molecular weight is 458 g/mol. The van der Waals surface area contributed by atoms with Crippen molar-refractivity contribution in [2.45, 2.75) is 30.6 Å². The van der Waals surface area contributed by atoms with Crippen molar-refractivity contribution in [3.63, 3.8) is 0 Å². The molecule has 0 unspecified atom stereocenters. The smallest absolute Gasteiger partial charge is 0.282 e. The lowest BCUT2D eigenvalue weighted by Gasteiger charge is -2.16. The van der Waals surface area contributed by atoms with Crippen LogP contribution in [0.3, 0.4) is 0 Å². The molecule has 1 saturated heterocycles. The number of benzene rings is 1. The van der Waals surface area contributed by atoms with Gasteiger partial charge in [0.25, 0.3) is 5.56 Å². The van der Waals surface area contributed by atoms with E-state index in [9.17, 15) is 9.59 Å². The highest BCUT2D eigenvalue weighted by Gasteiger charge is 2.21. The van der Waals surface area contributed by atoms with Crippen molar-refractivity contribution in [2.24, 2.45) is 0 Å². The molecule has 10 nitrogen and oxygen atoms in total. The number of nitrogens with one attached hydrogen (secondary N) is 1. The summed E-state index contributed by atoms with van der Waals surface area (Å²) in [6, 6.07) is 5.11. The van der Waals surface area contributed by atoms with Crippen LogP contribution in [-0.2, 0) is 16.1 Å². The molecule has 0 saturated carbocycles. The highest BCUT2D eigenvalue weighted by molar-refractivity contribution is 7.99. The van der Waals surface area contributed by atoms with Crippen molar-refractivity contribution in [1.82, 2.24) is 19.5 Å². The number of aromatic nitrogens is 4. The van der Waals surface area contributed by atoms with Crippen molar-refractivity contribution in [3.05, 3.63) is 40.9 Å². The minimum atomic E-state index is -0.293. The Morgan fingerprint density at radius 2 is 1.97 bits per heavy atom. The number of hydrogen-bond donors (Lipinski definition) is 1. The van der Waals surface area contributed by atoms with Crippen LogP contribution in [0, 0.1) is 0 Å². The molecule has 1 N–H and O–H groups in total. The monoisotopic (exact) mass is 457 g/mol. The molecule has 1 aromatic carbocycles. The third-order valence-corrected chi connectivity index (χ3v) is 5.91. The zero-order valence-electron chi connectivity index (χ0n) is 17.7. The molecule has 2 aromatic heterocycles. The Labute approximate surface area is 188 Å². The molecule has 1 atom stereocenters. The fraction of sp³-hybridized carbons (Fsp3) is 0.381. The van der Waals surface area contributed by atoms with Crippen molar-refractivity contribution in [2.75, 3.05) is 31.9 Å². The van der Waals surface area contributed by atoms with Crippen LogP contribution in [0.4, 0.5) is 5.69 Å². The Morgan fingerprint density at radius 3 is 2.66 bits per heavy atom. The first kappa shape index (κ1) is 22.0. The molecule has 11 heteroatoms. The molecule has 1 fully saturated rings. The topological polar surface area (TPSA) is 117 Å². The number of ether oxygens (including phenoxy) is 3. The summed E-state index contributed by atoms with van der Waals surface area (Å²) < 4.78 is 17.7. The first-order valence-corrected chi connectivity index (χ1v) is 11.0. The van der Waals surface area contributed by atoms with E-state index in [-0.39, 0.29) is 34.5 Å². The predicted octanol–water partition coefficient (Wildman–Crippen LogP) is 2.11. The molecule has 3 heterocycles. The molecule has 0 radical (unpaired) electrons. The number of amides is 1. The standard InChI is InChI=1S/C21H23N5O5S/c1-29-15-8-13(9-16(10-15)30-2)24-17(27)12-32-21-25-19-18(22-5-6-23-19)20(28)26(21)11-14-4-3-7-31-14/h5-6,8-10,14H,3-4,7,11-12H2,1-2H3,(H,24,27)/t14-/m1/s1. The van der Waals surface area contributed by atoms with Crippen molar-refractivity contribution >= 4 is 34.5 Å². The van der Waals surface area contributed by atoms with Crippen molar-refractivity contribution in [3.8, 4) is 11.5 Å². The molecule has 0 spiro atoms. The summed E-state index contributed by atoms with van der Waals surface area (Å²) in [6.45, 7) is 1.03. The fourth-order valence-corrected chi connectivity index (χ4v) is 4.20. The molecule has 32 heavy (non-hydrogen) atoms. The summed E-state index contributed by atoms with van der Waals surface area (Å²) in [6.07, 6.45) is 4.70. The van der Waals surface area contributed by atoms with Gasteiger partial charge in [-0.05, 0) is 12.8 Å². The minimum absolute atomic E-state index is 0.0449. The number of thioether (sulfide) groups is 1. The van der Waals surface area contributed by atoms with Gasteiger partial charge in [-0.25, -0.2) is 15.0 Å². The highest BCUT2D eigenvalue weighted by Crippen LogP contribution is 2.26. The van der Waals surface area contributed by atoms with E-state index < -0.39 is 0 Å².